The lowest BCUT2D eigenvalue weighted by atomic mass is 10.1. The first-order valence-corrected chi connectivity index (χ1v) is 7.85. The molecule has 5 heteroatoms. The summed E-state index contributed by atoms with van der Waals surface area (Å²) in [6.07, 6.45) is 0. The van der Waals surface area contributed by atoms with E-state index in [1.54, 1.807) is 0 Å². The summed E-state index contributed by atoms with van der Waals surface area (Å²) in [6.45, 7) is 2.13. The minimum absolute atomic E-state index is 0.111. The van der Waals surface area contributed by atoms with Crippen LogP contribution in [0, 0.1) is 4.77 Å². The molecule has 0 aliphatic rings. The summed E-state index contributed by atoms with van der Waals surface area (Å²) in [5, 5.41) is 7.29. The van der Waals surface area contributed by atoms with Crippen molar-refractivity contribution in [3.8, 4) is 11.4 Å². The van der Waals surface area contributed by atoms with Crippen LogP contribution in [0.5, 0.6) is 0 Å². The highest BCUT2D eigenvalue weighted by atomic mass is 79.9. The van der Waals surface area contributed by atoms with Gasteiger partial charge in [0.05, 0.1) is 6.04 Å². The number of hydrogen-bond acceptors (Lipinski definition) is 2. The minimum atomic E-state index is 0.111. The average molecular weight is 360 g/mol. The fourth-order valence-electron chi connectivity index (χ4n) is 2.35. The third kappa shape index (κ3) is 2.84. The van der Waals surface area contributed by atoms with E-state index in [1.807, 2.05) is 47.0 Å². The number of aromatic amines is 1. The predicted octanol–water partition coefficient (Wildman–Crippen LogP) is 4.98. The van der Waals surface area contributed by atoms with Crippen molar-refractivity contribution in [2.45, 2.75) is 13.0 Å². The summed E-state index contributed by atoms with van der Waals surface area (Å²) in [5.41, 5.74) is 2.24. The van der Waals surface area contributed by atoms with Gasteiger partial charge in [0.15, 0.2) is 10.6 Å². The second kappa shape index (κ2) is 5.95. The van der Waals surface area contributed by atoms with E-state index in [0.29, 0.717) is 4.77 Å². The van der Waals surface area contributed by atoms with Gasteiger partial charge in [-0.3, -0.25) is 9.67 Å². The van der Waals surface area contributed by atoms with E-state index in [-0.39, 0.29) is 6.04 Å². The Balaban J connectivity index is 2.08. The van der Waals surface area contributed by atoms with Crippen molar-refractivity contribution in [3.05, 3.63) is 69.4 Å². The van der Waals surface area contributed by atoms with Crippen LogP contribution in [0.25, 0.3) is 11.4 Å². The highest BCUT2D eigenvalue weighted by Gasteiger charge is 2.15. The van der Waals surface area contributed by atoms with Crippen LogP contribution in [0.15, 0.2) is 59.1 Å². The number of aromatic nitrogens is 3. The van der Waals surface area contributed by atoms with E-state index < -0.39 is 0 Å². The predicted molar refractivity (Wildman–Crippen MR) is 90.8 cm³/mol. The molecule has 3 nitrogen and oxygen atoms in total. The van der Waals surface area contributed by atoms with Gasteiger partial charge in [-0.25, -0.2) is 0 Å². The lowest BCUT2D eigenvalue weighted by Crippen LogP contribution is -2.08. The zero-order chi connectivity index (χ0) is 14.8. The molecule has 0 aliphatic carbocycles. The van der Waals surface area contributed by atoms with Gasteiger partial charge in [0.2, 0.25) is 0 Å². The number of halogens is 1. The zero-order valence-electron chi connectivity index (χ0n) is 11.5. The molecule has 1 aromatic heterocycles. The standard InChI is InChI=1S/C16H14BrN3S/c1-11(12-7-9-14(17)10-8-12)20-15(18-19-16(20)21)13-5-3-2-4-6-13/h2-11H,1H3,(H,19,21). The maximum Gasteiger partial charge on any atom is 0.196 e. The monoisotopic (exact) mass is 359 g/mol. The van der Waals surface area contributed by atoms with Crippen molar-refractivity contribution in [1.29, 1.82) is 0 Å². The molecule has 1 N–H and O–H groups in total. The van der Waals surface area contributed by atoms with Gasteiger partial charge in [-0.05, 0) is 36.8 Å². The first-order valence-electron chi connectivity index (χ1n) is 6.64. The van der Waals surface area contributed by atoms with E-state index >= 15 is 0 Å². The maximum absolute atomic E-state index is 5.41. The number of rotatable bonds is 3. The summed E-state index contributed by atoms with van der Waals surface area (Å²) in [7, 11) is 0. The number of nitrogens with zero attached hydrogens (tertiary/aromatic N) is 2. The first kappa shape index (κ1) is 14.2. The smallest absolute Gasteiger partial charge is 0.196 e. The molecule has 0 saturated carbocycles. The highest BCUT2D eigenvalue weighted by Crippen LogP contribution is 2.26. The van der Waals surface area contributed by atoms with Crippen molar-refractivity contribution in [3.63, 3.8) is 0 Å². The molecular formula is C16H14BrN3S. The Kier molecular flexibility index (Phi) is 4.03. The largest absolute Gasteiger partial charge is 0.293 e. The van der Waals surface area contributed by atoms with Gasteiger partial charge in [-0.2, -0.15) is 5.10 Å². The number of benzene rings is 2. The van der Waals surface area contributed by atoms with E-state index in [1.165, 1.54) is 5.56 Å². The molecule has 0 bridgehead atoms. The third-order valence-corrected chi connectivity index (χ3v) is 4.29. The van der Waals surface area contributed by atoms with Crippen molar-refractivity contribution >= 4 is 28.1 Å². The Morgan fingerprint density at radius 3 is 2.43 bits per heavy atom. The maximum atomic E-state index is 5.41. The number of nitrogens with one attached hydrogen (secondary N) is 1. The first-order chi connectivity index (χ1) is 10.2. The second-order valence-electron chi connectivity index (χ2n) is 4.82. The Labute approximate surface area is 136 Å². The van der Waals surface area contributed by atoms with E-state index in [4.69, 9.17) is 12.2 Å². The molecule has 1 unspecified atom stereocenters. The molecule has 21 heavy (non-hydrogen) atoms. The Morgan fingerprint density at radius 1 is 1.10 bits per heavy atom. The molecule has 3 rings (SSSR count). The fourth-order valence-corrected chi connectivity index (χ4v) is 2.90. The highest BCUT2D eigenvalue weighted by molar-refractivity contribution is 9.10. The van der Waals surface area contributed by atoms with Crippen LogP contribution in [-0.2, 0) is 0 Å². The summed E-state index contributed by atoms with van der Waals surface area (Å²) < 4.78 is 3.75. The van der Waals surface area contributed by atoms with Gasteiger partial charge in [0, 0.05) is 10.0 Å². The minimum Gasteiger partial charge on any atom is -0.293 e. The van der Waals surface area contributed by atoms with Crippen LogP contribution in [0.3, 0.4) is 0 Å². The third-order valence-electron chi connectivity index (χ3n) is 3.48. The van der Waals surface area contributed by atoms with Crippen molar-refractivity contribution < 1.29 is 0 Å². The van der Waals surface area contributed by atoms with Gasteiger partial charge in [-0.1, -0.05) is 58.4 Å². The lowest BCUT2D eigenvalue weighted by molar-refractivity contribution is 0.635. The normalized spacial score (nSPS) is 12.3. The Bertz CT molecular complexity index is 790. The van der Waals surface area contributed by atoms with E-state index in [2.05, 4.69) is 45.2 Å². The van der Waals surface area contributed by atoms with Gasteiger partial charge >= 0.3 is 0 Å². The molecule has 0 amide bonds. The van der Waals surface area contributed by atoms with E-state index in [0.717, 1.165) is 15.9 Å². The van der Waals surface area contributed by atoms with Gasteiger partial charge in [-0.15, -0.1) is 0 Å². The molecule has 1 atom stereocenters. The average Bonchev–Trinajstić information content (AvgIpc) is 2.90. The molecule has 0 radical (unpaired) electrons. The van der Waals surface area contributed by atoms with Crippen LogP contribution in [0.1, 0.15) is 18.5 Å². The van der Waals surface area contributed by atoms with Crippen molar-refractivity contribution in [2.24, 2.45) is 0 Å². The Hall–Kier alpha value is -1.72. The summed E-state index contributed by atoms with van der Waals surface area (Å²) in [6, 6.07) is 18.5. The molecule has 2 aromatic carbocycles. The molecule has 0 saturated heterocycles. The molecule has 0 fully saturated rings. The topological polar surface area (TPSA) is 33.6 Å². The van der Waals surface area contributed by atoms with Crippen LogP contribution in [-0.4, -0.2) is 14.8 Å². The van der Waals surface area contributed by atoms with Crippen LogP contribution in [0.4, 0.5) is 0 Å². The van der Waals surface area contributed by atoms with Crippen LogP contribution >= 0.6 is 28.1 Å². The van der Waals surface area contributed by atoms with Crippen LogP contribution in [0.2, 0.25) is 0 Å². The summed E-state index contributed by atoms with van der Waals surface area (Å²) in [4.78, 5) is 0. The van der Waals surface area contributed by atoms with Crippen molar-refractivity contribution in [1.82, 2.24) is 14.8 Å². The fraction of sp³-hybridized carbons (Fsp3) is 0.125. The van der Waals surface area contributed by atoms with Gasteiger partial charge in [0.1, 0.15) is 0 Å². The zero-order valence-corrected chi connectivity index (χ0v) is 13.9. The summed E-state index contributed by atoms with van der Waals surface area (Å²) in [5.74, 6) is 0.857. The van der Waals surface area contributed by atoms with Gasteiger partial charge in [0.25, 0.3) is 0 Å². The number of H-pyrrole nitrogens is 1. The quantitative estimate of drug-likeness (QED) is 0.669. The molecule has 3 aromatic rings. The molecular weight excluding hydrogens is 346 g/mol. The second-order valence-corrected chi connectivity index (χ2v) is 6.12. The molecule has 0 aliphatic heterocycles. The van der Waals surface area contributed by atoms with Crippen LogP contribution < -0.4 is 0 Å². The van der Waals surface area contributed by atoms with Crippen molar-refractivity contribution in [2.75, 3.05) is 0 Å². The summed E-state index contributed by atoms with van der Waals surface area (Å²) >= 11 is 8.87. The SMILES string of the molecule is CC(c1ccc(Br)cc1)n1c(-c2ccccc2)n[nH]c1=S. The van der Waals surface area contributed by atoms with Gasteiger partial charge < -0.3 is 0 Å². The number of hydrogen-bond donors (Lipinski definition) is 1. The lowest BCUT2D eigenvalue weighted by Gasteiger charge is -2.16. The molecule has 0 spiro atoms. The van der Waals surface area contributed by atoms with E-state index in [9.17, 15) is 0 Å². The molecule has 1 heterocycles. The Morgan fingerprint density at radius 2 is 1.76 bits per heavy atom. The molecule has 106 valence electrons.